The highest BCUT2D eigenvalue weighted by Crippen LogP contribution is 2.59. The fraction of sp³-hybridized carbons (Fsp3) is 0.529. The number of imidazole rings is 1. The second kappa shape index (κ2) is 4.48. The van der Waals surface area contributed by atoms with Crippen LogP contribution < -0.4 is 4.74 Å². The van der Waals surface area contributed by atoms with Crippen molar-refractivity contribution in [3.63, 3.8) is 0 Å². The Hall–Kier alpha value is -2.04. The molecule has 2 heterocycles. The number of ether oxygens (including phenoxy) is 1. The van der Waals surface area contributed by atoms with Gasteiger partial charge < -0.3 is 14.2 Å². The molecule has 0 atom stereocenters. The van der Waals surface area contributed by atoms with E-state index in [1.165, 1.54) is 25.7 Å². The Labute approximate surface area is 128 Å². The van der Waals surface area contributed by atoms with Crippen LogP contribution in [0.2, 0.25) is 0 Å². The number of hydrogen-bond donors (Lipinski definition) is 1. The molecule has 0 aliphatic heterocycles. The van der Waals surface area contributed by atoms with Crippen LogP contribution in [0.4, 0.5) is 0 Å². The van der Waals surface area contributed by atoms with Crippen LogP contribution in [-0.2, 0) is 5.41 Å². The average Bonchev–Trinajstić information content (AvgIpc) is 3.08. The molecule has 0 saturated heterocycles. The molecule has 0 amide bonds. The van der Waals surface area contributed by atoms with Crippen molar-refractivity contribution in [3.05, 3.63) is 29.7 Å². The molecule has 0 unspecified atom stereocenters. The van der Waals surface area contributed by atoms with Crippen LogP contribution in [-0.4, -0.2) is 26.6 Å². The summed E-state index contributed by atoms with van der Waals surface area (Å²) in [7, 11) is 0. The van der Waals surface area contributed by atoms with Crippen LogP contribution in [0.5, 0.6) is 5.75 Å². The van der Waals surface area contributed by atoms with Gasteiger partial charge in [0.05, 0.1) is 11.8 Å². The monoisotopic (exact) mass is 300 g/mol. The third-order valence-electron chi connectivity index (χ3n) is 5.08. The van der Waals surface area contributed by atoms with Gasteiger partial charge in [-0.2, -0.15) is 0 Å². The van der Waals surface area contributed by atoms with Crippen LogP contribution in [0.25, 0.3) is 5.65 Å². The molecule has 22 heavy (non-hydrogen) atoms. The lowest BCUT2D eigenvalue weighted by Gasteiger charge is -2.36. The highest BCUT2D eigenvalue weighted by atomic mass is 16.5. The molecule has 2 aromatic heterocycles. The number of aromatic nitrogens is 2. The molecule has 3 fully saturated rings. The first kappa shape index (κ1) is 13.6. The smallest absolute Gasteiger partial charge is 0.341 e. The molecule has 5 nitrogen and oxygen atoms in total. The molecule has 5 rings (SSSR count). The molecular formula is C17H20N2O3. The van der Waals surface area contributed by atoms with Gasteiger partial charge in [-0.15, -0.1) is 0 Å². The van der Waals surface area contributed by atoms with Gasteiger partial charge in [-0.1, -0.05) is 0 Å². The molecule has 3 aliphatic carbocycles. The largest absolute Gasteiger partial charge is 0.490 e. The van der Waals surface area contributed by atoms with Gasteiger partial charge in [0.1, 0.15) is 17.0 Å². The number of aromatic carboxylic acids is 1. The fourth-order valence-corrected chi connectivity index (χ4v) is 4.05. The number of carboxylic acid groups (broad SMARTS) is 1. The first-order valence-corrected chi connectivity index (χ1v) is 7.90. The first-order chi connectivity index (χ1) is 10.5. The number of hydrogen-bond acceptors (Lipinski definition) is 3. The van der Waals surface area contributed by atoms with Crippen LogP contribution in [0, 0.1) is 5.92 Å². The zero-order valence-electron chi connectivity index (χ0n) is 12.9. The first-order valence-electron chi connectivity index (χ1n) is 7.90. The number of carboxylic acids is 1. The van der Waals surface area contributed by atoms with Gasteiger partial charge in [-0.3, -0.25) is 0 Å². The summed E-state index contributed by atoms with van der Waals surface area (Å²) in [5, 5.41) is 9.40. The molecule has 2 bridgehead atoms. The van der Waals surface area contributed by atoms with Gasteiger partial charge >= 0.3 is 5.97 Å². The molecule has 2 aromatic rings. The van der Waals surface area contributed by atoms with E-state index in [1.54, 1.807) is 12.3 Å². The fourth-order valence-electron chi connectivity index (χ4n) is 4.05. The van der Waals surface area contributed by atoms with Crippen molar-refractivity contribution in [1.29, 1.82) is 0 Å². The summed E-state index contributed by atoms with van der Waals surface area (Å²) in [5.41, 5.74) is 2.30. The van der Waals surface area contributed by atoms with Crippen LogP contribution in [0.15, 0.2) is 18.5 Å². The zero-order chi connectivity index (χ0) is 15.5. The van der Waals surface area contributed by atoms with Gasteiger partial charge in [-0.05, 0) is 45.4 Å². The number of nitrogens with zero attached hydrogens (tertiary/aromatic N) is 2. The zero-order valence-corrected chi connectivity index (χ0v) is 12.9. The SMILES string of the molecule is CC(C)Oc1cc2nc(C34CCC(C3)C4)cn2cc1C(=O)O. The second-order valence-corrected chi connectivity index (χ2v) is 7.01. The minimum atomic E-state index is -0.976. The predicted octanol–water partition coefficient (Wildman–Crippen LogP) is 3.26. The van der Waals surface area contributed by atoms with E-state index in [9.17, 15) is 9.90 Å². The van der Waals surface area contributed by atoms with E-state index in [4.69, 9.17) is 9.72 Å². The summed E-state index contributed by atoms with van der Waals surface area (Å²) in [5.74, 6) is 0.289. The van der Waals surface area contributed by atoms with Crippen molar-refractivity contribution < 1.29 is 14.6 Å². The predicted molar refractivity (Wildman–Crippen MR) is 81.6 cm³/mol. The minimum Gasteiger partial charge on any atom is -0.490 e. The lowest BCUT2D eigenvalue weighted by atomic mass is 9.68. The number of fused-ring (bicyclic) bond motifs is 2. The molecule has 0 aromatic carbocycles. The van der Waals surface area contributed by atoms with E-state index in [0.29, 0.717) is 5.75 Å². The lowest BCUT2D eigenvalue weighted by molar-refractivity contribution is 0.0690. The number of rotatable bonds is 4. The average molecular weight is 300 g/mol. The number of pyridine rings is 1. The van der Waals surface area contributed by atoms with Gasteiger partial charge in [0.25, 0.3) is 0 Å². The third kappa shape index (κ3) is 1.91. The Morgan fingerprint density at radius 3 is 2.82 bits per heavy atom. The molecule has 1 N–H and O–H groups in total. The van der Waals surface area contributed by atoms with E-state index < -0.39 is 5.97 Å². The summed E-state index contributed by atoms with van der Waals surface area (Å²) in [6, 6.07) is 1.74. The summed E-state index contributed by atoms with van der Waals surface area (Å²) >= 11 is 0. The summed E-state index contributed by atoms with van der Waals surface area (Å²) in [6.45, 7) is 3.78. The third-order valence-corrected chi connectivity index (χ3v) is 5.08. The number of carbonyl (C=O) groups is 1. The van der Waals surface area contributed by atoms with Crippen LogP contribution in [0.3, 0.4) is 0 Å². The maximum atomic E-state index is 11.5. The van der Waals surface area contributed by atoms with Gasteiger partial charge in [0.15, 0.2) is 0 Å². The maximum absolute atomic E-state index is 11.5. The van der Waals surface area contributed by atoms with Gasteiger partial charge in [0, 0.05) is 23.9 Å². The van der Waals surface area contributed by atoms with Crippen molar-refractivity contribution in [3.8, 4) is 5.75 Å². The van der Waals surface area contributed by atoms with Gasteiger partial charge in [0.2, 0.25) is 0 Å². The Morgan fingerprint density at radius 1 is 1.45 bits per heavy atom. The standard InChI is InChI=1S/C17H20N2O3/c1-10(2)22-13-5-15-18-14(17-4-3-11(6-17)7-17)9-19(15)8-12(13)16(20)21/h5,8-11H,3-4,6-7H2,1-2H3,(H,20,21). The van der Waals surface area contributed by atoms with E-state index in [-0.39, 0.29) is 17.1 Å². The molecule has 116 valence electrons. The topological polar surface area (TPSA) is 63.8 Å². The highest BCUT2D eigenvalue weighted by molar-refractivity contribution is 5.91. The minimum absolute atomic E-state index is 0.0733. The molecule has 0 spiro atoms. The summed E-state index contributed by atoms with van der Waals surface area (Å²) in [6.07, 6.45) is 8.53. The van der Waals surface area contributed by atoms with Crippen molar-refractivity contribution >= 4 is 11.6 Å². The van der Waals surface area contributed by atoms with Crippen molar-refractivity contribution in [1.82, 2.24) is 9.38 Å². The quantitative estimate of drug-likeness (QED) is 0.941. The van der Waals surface area contributed by atoms with E-state index in [0.717, 1.165) is 17.3 Å². The molecular weight excluding hydrogens is 280 g/mol. The molecule has 3 aliphatic rings. The maximum Gasteiger partial charge on any atom is 0.341 e. The second-order valence-electron chi connectivity index (χ2n) is 7.01. The van der Waals surface area contributed by atoms with Crippen molar-refractivity contribution in [2.24, 2.45) is 5.92 Å². The summed E-state index contributed by atoms with van der Waals surface area (Å²) in [4.78, 5) is 16.2. The van der Waals surface area contributed by atoms with Gasteiger partial charge in [-0.25, -0.2) is 9.78 Å². The van der Waals surface area contributed by atoms with Crippen LogP contribution in [0.1, 0.15) is 55.6 Å². The molecule has 5 heteroatoms. The van der Waals surface area contributed by atoms with E-state index in [1.807, 2.05) is 24.4 Å². The van der Waals surface area contributed by atoms with Crippen molar-refractivity contribution in [2.45, 2.75) is 51.0 Å². The molecule has 3 saturated carbocycles. The van der Waals surface area contributed by atoms with E-state index >= 15 is 0 Å². The highest BCUT2D eigenvalue weighted by Gasteiger charge is 2.52. The van der Waals surface area contributed by atoms with E-state index in [2.05, 4.69) is 0 Å². The Balaban J connectivity index is 1.80. The Morgan fingerprint density at radius 2 is 2.23 bits per heavy atom. The Kier molecular flexibility index (Phi) is 2.77. The van der Waals surface area contributed by atoms with Crippen LogP contribution >= 0.6 is 0 Å². The lowest BCUT2D eigenvalue weighted by Crippen LogP contribution is -2.32. The molecule has 0 radical (unpaired) electrons. The Bertz CT molecular complexity index is 751. The normalized spacial score (nSPS) is 26.4. The summed E-state index contributed by atoms with van der Waals surface area (Å²) < 4.78 is 7.48. The van der Waals surface area contributed by atoms with Crippen molar-refractivity contribution in [2.75, 3.05) is 0 Å².